The topological polar surface area (TPSA) is 29.5 Å². The Balaban J connectivity index is 3.15. The van der Waals surface area contributed by atoms with Crippen LogP contribution >= 0.6 is 0 Å². The number of ether oxygens (including phenoxy) is 1. The van der Waals surface area contributed by atoms with Gasteiger partial charge < -0.3 is 9.84 Å². The van der Waals surface area contributed by atoms with Gasteiger partial charge in [-0.15, -0.1) is 0 Å². The average molecular weight is 132 g/mol. The summed E-state index contributed by atoms with van der Waals surface area (Å²) >= 11 is 0. The van der Waals surface area contributed by atoms with Crippen LogP contribution in [0.3, 0.4) is 0 Å². The summed E-state index contributed by atoms with van der Waals surface area (Å²) in [5, 5.41) is 8.73. The molecule has 56 valence electrons. The largest absolute Gasteiger partial charge is 0.368 e. The van der Waals surface area contributed by atoms with E-state index >= 15 is 0 Å². The Hall–Kier alpha value is -0.0800. The number of hydrogen-bond donors (Lipinski definition) is 1. The molecule has 2 atom stereocenters. The third kappa shape index (κ3) is 5.80. The summed E-state index contributed by atoms with van der Waals surface area (Å²) in [6, 6.07) is 0. The summed E-state index contributed by atoms with van der Waals surface area (Å²) in [6.45, 7) is 5.70. The zero-order valence-electron chi connectivity index (χ0n) is 6.42. The van der Waals surface area contributed by atoms with Gasteiger partial charge in [-0.2, -0.15) is 0 Å². The van der Waals surface area contributed by atoms with Crippen LogP contribution in [-0.4, -0.2) is 17.5 Å². The van der Waals surface area contributed by atoms with Gasteiger partial charge in [0.2, 0.25) is 0 Å². The minimum Gasteiger partial charge on any atom is -0.368 e. The van der Waals surface area contributed by atoms with E-state index in [1.807, 2.05) is 6.92 Å². The summed E-state index contributed by atoms with van der Waals surface area (Å²) < 4.78 is 5.05. The van der Waals surface area contributed by atoms with Gasteiger partial charge in [0.15, 0.2) is 6.29 Å². The fraction of sp³-hybridized carbons (Fsp3) is 1.00. The first kappa shape index (κ1) is 8.92. The second-order valence-corrected chi connectivity index (χ2v) is 2.33. The Kier molecular flexibility index (Phi) is 4.72. The molecular formula is C7H16O2. The van der Waals surface area contributed by atoms with Crippen molar-refractivity contribution in [1.29, 1.82) is 0 Å². The molecule has 2 heteroatoms. The van der Waals surface area contributed by atoms with Gasteiger partial charge in [-0.1, -0.05) is 13.3 Å². The number of rotatable bonds is 4. The van der Waals surface area contributed by atoms with Gasteiger partial charge in [-0.05, 0) is 20.3 Å². The van der Waals surface area contributed by atoms with E-state index in [1.165, 1.54) is 0 Å². The van der Waals surface area contributed by atoms with Crippen molar-refractivity contribution in [2.45, 2.75) is 46.0 Å². The highest BCUT2D eigenvalue weighted by atomic mass is 16.6. The van der Waals surface area contributed by atoms with Gasteiger partial charge >= 0.3 is 0 Å². The van der Waals surface area contributed by atoms with E-state index in [0.717, 1.165) is 12.8 Å². The third-order valence-corrected chi connectivity index (χ3v) is 1.12. The molecule has 0 aromatic heterocycles. The summed E-state index contributed by atoms with van der Waals surface area (Å²) in [4.78, 5) is 0. The maximum atomic E-state index is 8.73. The van der Waals surface area contributed by atoms with Crippen LogP contribution < -0.4 is 0 Å². The molecule has 0 aliphatic heterocycles. The Labute approximate surface area is 56.8 Å². The van der Waals surface area contributed by atoms with Crippen molar-refractivity contribution < 1.29 is 9.84 Å². The molecule has 1 N–H and O–H groups in total. The molecule has 2 unspecified atom stereocenters. The molecule has 0 heterocycles. The normalized spacial score (nSPS) is 17.3. The number of aliphatic hydroxyl groups is 1. The van der Waals surface area contributed by atoms with Crippen molar-refractivity contribution in [2.75, 3.05) is 0 Å². The van der Waals surface area contributed by atoms with Gasteiger partial charge in [0, 0.05) is 0 Å². The molecular weight excluding hydrogens is 116 g/mol. The summed E-state index contributed by atoms with van der Waals surface area (Å²) in [5.41, 5.74) is 0. The SMILES string of the molecule is CCCC(C)OC(C)O. The quantitative estimate of drug-likeness (QED) is 0.588. The van der Waals surface area contributed by atoms with E-state index in [0.29, 0.717) is 0 Å². The highest BCUT2D eigenvalue weighted by Crippen LogP contribution is 2.02. The molecule has 0 aromatic rings. The van der Waals surface area contributed by atoms with Crippen LogP contribution in [0.2, 0.25) is 0 Å². The molecule has 0 fully saturated rings. The minimum absolute atomic E-state index is 0.190. The van der Waals surface area contributed by atoms with Gasteiger partial charge in [-0.25, -0.2) is 0 Å². The Morgan fingerprint density at radius 2 is 2.00 bits per heavy atom. The highest BCUT2D eigenvalue weighted by molar-refractivity contribution is 4.47. The van der Waals surface area contributed by atoms with Crippen LogP contribution in [0.1, 0.15) is 33.6 Å². The Bertz CT molecular complexity index is 61.9. The van der Waals surface area contributed by atoms with E-state index in [1.54, 1.807) is 6.92 Å². The molecule has 0 spiro atoms. The second kappa shape index (κ2) is 4.77. The first-order valence-corrected chi connectivity index (χ1v) is 3.50. The summed E-state index contributed by atoms with van der Waals surface area (Å²) in [6.07, 6.45) is 1.69. The smallest absolute Gasteiger partial charge is 0.152 e. The van der Waals surface area contributed by atoms with Crippen molar-refractivity contribution in [1.82, 2.24) is 0 Å². The van der Waals surface area contributed by atoms with Crippen LogP contribution in [0.4, 0.5) is 0 Å². The number of hydrogen-bond acceptors (Lipinski definition) is 2. The van der Waals surface area contributed by atoms with Crippen LogP contribution in [0.15, 0.2) is 0 Å². The maximum Gasteiger partial charge on any atom is 0.152 e. The van der Waals surface area contributed by atoms with E-state index in [9.17, 15) is 0 Å². The van der Waals surface area contributed by atoms with Crippen molar-refractivity contribution in [3.63, 3.8) is 0 Å². The molecule has 0 amide bonds. The summed E-state index contributed by atoms with van der Waals surface area (Å²) in [7, 11) is 0. The predicted octanol–water partition coefficient (Wildman–Crippen LogP) is 1.53. The molecule has 0 saturated carbocycles. The van der Waals surface area contributed by atoms with E-state index in [4.69, 9.17) is 9.84 Å². The summed E-state index contributed by atoms with van der Waals surface area (Å²) in [5.74, 6) is 0. The number of aliphatic hydroxyl groups excluding tert-OH is 1. The average Bonchev–Trinajstić information content (AvgIpc) is 1.63. The van der Waals surface area contributed by atoms with Crippen molar-refractivity contribution >= 4 is 0 Å². The first-order chi connectivity index (χ1) is 4.16. The van der Waals surface area contributed by atoms with Gasteiger partial charge in [0.05, 0.1) is 6.10 Å². The Morgan fingerprint density at radius 3 is 2.33 bits per heavy atom. The zero-order valence-corrected chi connectivity index (χ0v) is 6.42. The fourth-order valence-corrected chi connectivity index (χ4v) is 0.811. The van der Waals surface area contributed by atoms with Gasteiger partial charge in [-0.3, -0.25) is 0 Å². The molecule has 0 radical (unpaired) electrons. The van der Waals surface area contributed by atoms with E-state index in [2.05, 4.69) is 6.92 Å². The van der Waals surface area contributed by atoms with Crippen LogP contribution in [0.5, 0.6) is 0 Å². The lowest BCUT2D eigenvalue weighted by Crippen LogP contribution is -2.15. The molecule has 0 aliphatic carbocycles. The lowest BCUT2D eigenvalue weighted by molar-refractivity contribution is -0.119. The molecule has 2 nitrogen and oxygen atoms in total. The molecule has 0 bridgehead atoms. The van der Waals surface area contributed by atoms with E-state index < -0.39 is 6.29 Å². The zero-order chi connectivity index (χ0) is 7.28. The maximum absolute atomic E-state index is 8.73. The third-order valence-electron chi connectivity index (χ3n) is 1.12. The molecule has 0 saturated heterocycles. The van der Waals surface area contributed by atoms with Crippen molar-refractivity contribution in [3.8, 4) is 0 Å². The lowest BCUT2D eigenvalue weighted by Gasteiger charge is -2.13. The predicted molar refractivity (Wildman–Crippen MR) is 37.1 cm³/mol. The lowest BCUT2D eigenvalue weighted by atomic mass is 10.2. The molecule has 0 aromatic carbocycles. The van der Waals surface area contributed by atoms with Crippen LogP contribution in [0.25, 0.3) is 0 Å². The minimum atomic E-state index is -0.619. The fourth-order valence-electron chi connectivity index (χ4n) is 0.811. The van der Waals surface area contributed by atoms with Gasteiger partial charge in [0.1, 0.15) is 0 Å². The molecule has 0 rings (SSSR count). The Morgan fingerprint density at radius 1 is 1.44 bits per heavy atom. The first-order valence-electron chi connectivity index (χ1n) is 3.50. The van der Waals surface area contributed by atoms with Gasteiger partial charge in [0.25, 0.3) is 0 Å². The van der Waals surface area contributed by atoms with E-state index in [-0.39, 0.29) is 6.10 Å². The van der Waals surface area contributed by atoms with Crippen molar-refractivity contribution in [3.05, 3.63) is 0 Å². The molecule has 9 heavy (non-hydrogen) atoms. The van der Waals surface area contributed by atoms with Crippen LogP contribution in [0, 0.1) is 0 Å². The second-order valence-electron chi connectivity index (χ2n) is 2.33. The van der Waals surface area contributed by atoms with Crippen molar-refractivity contribution in [2.24, 2.45) is 0 Å². The monoisotopic (exact) mass is 132 g/mol. The standard InChI is InChI=1S/C7H16O2/c1-4-5-6(2)9-7(3)8/h6-8H,4-5H2,1-3H3. The highest BCUT2D eigenvalue weighted by Gasteiger charge is 2.02. The molecule has 0 aliphatic rings. The van der Waals surface area contributed by atoms with Crippen LogP contribution in [-0.2, 0) is 4.74 Å².